The number of fused-ring (bicyclic) bond motifs is 1. The van der Waals surface area contributed by atoms with Crippen molar-refractivity contribution in [2.75, 3.05) is 18.5 Å². The molecule has 3 aromatic heterocycles. The van der Waals surface area contributed by atoms with Gasteiger partial charge in [0.15, 0.2) is 5.65 Å². The highest BCUT2D eigenvalue weighted by molar-refractivity contribution is 5.73. The molecule has 4 heterocycles. The quantitative estimate of drug-likeness (QED) is 0.753. The SMILES string of the molecule is Cc1cc(C#N)cnc1Nc1ncc2c(n1)n(C1CCOCC1)c(=O)n2C. The fraction of sp³-hybridized carbons (Fsp3) is 0.389. The minimum atomic E-state index is -0.101. The van der Waals surface area contributed by atoms with Crippen molar-refractivity contribution in [2.24, 2.45) is 7.05 Å². The predicted octanol–water partition coefficient (Wildman–Crippen LogP) is 1.80. The molecule has 0 unspecified atom stereocenters. The van der Waals surface area contributed by atoms with E-state index in [4.69, 9.17) is 10.00 Å². The maximum atomic E-state index is 12.7. The molecule has 0 spiro atoms. The van der Waals surface area contributed by atoms with Crippen LogP contribution < -0.4 is 11.0 Å². The van der Waals surface area contributed by atoms with E-state index in [-0.39, 0.29) is 11.7 Å². The van der Waals surface area contributed by atoms with Gasteiger partial charge in [-0.05, 0) is 31.4 Å². The molecule has 0 amide bonds. The molecule has 0 bridgehead atoms. The Labute approximate surface area is 155 Å². The second-order valence-corrected chi connectivity index (χ2v) is 6.58. The smallest absolute Gasteiger partial charge is 0.330 e. The molecular weight excluding hydrogens is 346 g/mol. The largest absolute Gasteiger partial charge is 0.381 e. The summed E-state index contributed by atoms with van der Waals surface area (Å²) in [5, 5.41) is 12.0. The van der Waals surface area contributed by atoms with Crippen LogP contribution in [0.1, 0.15) is 30.0 Å². The van der Waals surface area contributed by atoms with Crippen molar-refractivity contribution < 1.29 is 4.74 Å². The van der Waals surface area contributed by atoms with Crippen molar-refractivity contribution in [3.05, 3.63) is 40.1 Å². The zero-order valence-electron chi connectivity index (χ0n) is 15.1. The number of imidazole rings is 1. The number of ether oxygens (including phenoxy) is 1. The van der Waals surface area contributed by atoms with E-state index >= 15 is 0 Å². The van der Waals surface area contributed by atoms with Gasteiger partial charge in [-0.3, -0.25) is 9.13 Å². The van der Waals surface area contributed by atoms with E-state index in [1.165, 1.54) is 6.20 Å². The number of anilines is 2. The average molecular weight is 365 g/mol. The third-order valence-corrected chi connectivity index (χ3v) is 4.83. The molecule has 0 atom stereocenters. The number of pyridine rings is 1. The maximum Gasteiger partial charge on any atom is 0.330 e. The lowest BCUT2D eigenvalue weighted by Gasteiger charge is -2.22. The summed E-state index contributed by atoms with van der Waals surface area (Å²) in [4.78, 5) is 25.9. The summed E-state index contributed by atoms with van der Waals surface area (Å²) < 4.78 is 8.73. The maximum absolute atomic E-state index is 12.7. The van der Waals surface area contributed by atoms with E-state index in [0.29, 0.717) is 41.7 Å². The third-order valence-electron chi connectivity index (χ3n) is 4.83. The number of aromatic nitrogens is 5. The van der Waals surface area contributed by atoms with Gasteiger partial charge in [-0.15, -0.1) is 0 Å². The Morgan fingerprint density at radius 1 is 1.30 bits per heavy atom. The molecule has 0 aliphatic carbocycles. The van der Waals surface area contributed by atoms with Crippen molar-refractivity contribution in [2.45, 2.75) is 25.8 Å². The molecule has 9 nitrogen and oxygen atoms in total. The minimum Gasteiger partial charge on any atom is -0.381 e. The van der Waals surface area contributed by atoms with Crippen LogP contribution in [0, 0.1) is 18.3 Å². The van der Waals surface area contributed by atoms with E-state index < -0.39 is 0 Å². The van der Waals surface area contributed by atoms with Crippen LogP contribution >= 0.6 is 0 Å². The lowest BCUT2D eigenvalue weighted by atomic mass is 10.1. The van der Waals surface area contributed by atoms with E-state index in [1.54, 1.807) is 28.4 Å². The van der Waals surface area contributed by atoms with Gasteiger partial charge in [0.05, 0.1) is 11.8 Å². The molecule has 138 valence electrons. The minimum absolute atomic E-state index is 0.0625. The van der Waals surface area contributed by atoms with E-state index in [2.05, 4.69) is 26.3 Å². The van der Waals surface area contributed by atoms with Crippen molar-refractivity contribution in [1.82, 2.24) is 24.1 Å². The summed E-state index contributed by atoms with van der Waals surface area (Å²) >= 11 is 0. The summed E-state index contributed by atoms with van der Waals surface area (Å²) in [5.74, 6) is 0.929. The standard InChI is InChI=1S/C18H19N7O2/c1-11-7-12(8-19)9-20-15(11)22-17-21-10-14-16(23-17)25(18(26)24(14)2)13-3-5-27-6-4-13/h7,9-10,13H,3-6H2,1-2H3,(H,20,21,22,23). The summed E-state index contributed by atoms with van der Waals surface area (Å²) in [6.07, 6.45) is 4.69. The fourth-order valence-electron chi connectivity index (χ4n) is 3.34. The lowest BCUT2D eigenvalue weighted by molar-refractivity contribution is 0.0695. The fourth-order valence-corrected chi connectivity index (χ4v) is 3.34. The van der Waals surface area contributed by atoms with Crippen LogP contribution in [0.4, 0.5) is 11.8 Å². The summed E-state index contributed by atoms with van der Waals surface area (Å²) in [6.45, 7) is 3.13. The Hall–Kier alpha value is -3.25. The van der Waals surface area contributed by atoms with Gasteiger partial charge in [-0.1, -0.05) is 0 Å². The van der Waals surface area contributed by atoms with Gasteiger partial charge in [0.1, 0.15) is 17.4 Å². The predicted molar refractivity (Wildman–Crippen MR) is 98.8 cm³/mol. The van der Waals surface area contributed by atoms with Crippen LogP contribution in [0.25, 0.3) is 11.2 Å². The van der Waals surface area contributed by atoms with E-state index in [0.717, 1.165) is 18.4 Å². The monoisotopic (exact) mass is 365 g/mol. The van der Waals surface area contributed by atoms with Crippen LogP contribution in [0.2, 0.25) is 0 Å². The zero-order valence-corrected chi connectivity index (χ0v) is 15.1. The molecule has 4 rings (SSSR count). The Morgan fingerprint density at radius 2 is 2.07 bits per heavy atom. The first-order valence-electron chi connectivity index (χ1n) is 8.74. The molecule has 3 aromatic rings. The Bertz CT molecular complexity index is 1100. The van der Waals surface area contributed by atoms with Gasteiger partial charge in [0, 0.05) is 32.5 Å². The number of nitriles is 1. The van der Waals surface area contributed by atoms with Gasteiger partial charge >= 0.3 is 5.69 Å². The number of nitrogens with one attached hydrogen (secondary N) is 1. The Balaban J connectivity index is 1.75. The topological polar surface area (TPSA) is 111 Å². The number of hydrogen-bond acceptors (Lipinski definition) is 7. The van der Waals surface area contributed by atoms with Crippen LogP contribution in [0.5, 0.6) is 0 Å². The number of nitrogens with zero attached hydrogens (tertiary/aromatic N) is 6. The van der Waals surface area contributed by atoms with Crippen molar-refractivity contribution in [1.29, 1.82) is 5.26 Å². The molecule has 0 aromatic carbocycles. The normalized spacial score (nSPS) is 15.0. The number of aryl methyl sites for hydroxylation is 2. The number of hydrogen-bond donors (Lipinski definition) is 1. The van der Waals surface area contributed by atoms with E-state index in [9.17, 15) is 4.79 Å². The Kier molecular flexibility index (Phi) is 4.33. The van der Waals surface area contributed by atoms with Crippen molar-refractivity contribution >= 4 is 22.9 Å². The van der Waals surface area contributed by atoms with Gasteiger partial charge in [0.25, 0.3) is 0 Å². The Morgan fingerprint density at radius 3 is 2.78 bits per heavy atom. The molecule has 1 N–H and O–H groups in total. The second kappa shape index (κ2) is 6.81. The highest BCUT2D eigenvalue weighted by atomic mass is 16.5. The molecule has 1 aliphatic heterocycles. The second-order valence-electron chi connectivity index (χ2n) is 6.58. The van der Waals surface area contributed by atoms with Crippen LogP contribution in [-0.2, 0) is 11.8 Å². The third kappa shape index (κ3) is 3.04. The highest BCUT2D eigenvalue weighted by Crippen LogP contribution is 2.24. The van der Waals surface area contributed by atoms with Crippen molar-refractivity contribution in [3.63, 3.8) is 0 Å². The molecule has 0 saturated carbocycles. The van der Waals surface area contributed by atoms with Crippen LogP contribution in [-0.4, -0.2) is 37.3 Å². The molecule has 0 radical (unpaired) electrons. The van der Waals surface area contributed by atoms with Crippen LogP contribution in [0.15, 0.2) is 23.3 Å². The molecule has 1 saturated heterocycles. The van der Waals surface area contributed by atoms with Gasteiger partial charge in [-0.25, -0.2) is 14.8 Å². The summed E-state index contributed by atoms with van der Waals surface area (Å²) in [7, 11) is 1.73. The van der Waals surface area contributed by atoms with Gasteiger partial charge < -0.3 is 10.1 Å². The van der Waals surface area contributed by atoms with E-state index in [1.807, 2.05) is 6.92 Å². The first-order valence-corrected chi connectivity index (χ1v) is 8.74. The molecule has 1 aliphatic rings. The van der Waals surface area contributed by atoms with Gasteiger partial charge in [-0.2, -0.15) is 10.2 Å². The first-order chi connectivity index (χ1) is 13.1. The molecular formula is C18H19N7O2. The first kappa shape index (κ1) is 17.2. The summed E-state index contributed by atoms with van der Waals surface area (Å²) in [6, 6.07) is 3.87. The van der Waals surface area contributed by atoms with Gasteiger partial charge in [0.2, 0.25) is 5.95 Å². The lowest BCUT2D eigenvalue weighted by Crippen LogP contribution is -2.30. The van der Waals surface area contributed by atoms with Crippen LogP contribution in [0.3, 0.4) is 0 Å². The molecule has 1 fully saturated rings. The number of rotatable bonds is 3. The molecule has 27 heavy (non-hydrogen) atoms. The molecule has 9 heteroatoms. The summed E-state index contributed by atoms with van der Waals surface area (Å²) in [5.41, 5.74) is 2.48. The highest BCUT2D eigenvalue weighted by Gasteiger charge is 2.23. The zero-order chi connectivity index (χ0) is 19.0. The average Bonchev–Trinajstić information content (AvgIpc) is 2.94. The van der Waals surface area contributed by atoms with Crippen molar-refractivity contribution in [3.8, 4) is 6.07 Å².